The van der Waals surface area contributed by atoms with Crippen molar-refractivity contribution in [2.75, 3.05) is 0 Å². The van der Waals surface area contributed by atoms with Crippen molar-refractivity contribution >= 4 is 10.1 Å². The average Bonchev–Trinajstić information content (AvgIpc) is 2.61. The van der Waals surface area contributed by atoms with E-state index in [9.17, 15) is 13.5 Å². The van der Waals surface area contributed by atoms with E-state index >= 15 is 0 Å². The Bertz CT molecular complexity index is 409. The van der Waals surface area contributed by atoms with Crippen molar-refractivity contribution in [1.29, 1.82) is 0 Å². The van der Waals surface area contributed by atoms with Crippen LogP contribution < -0.4 is 0 Å². The number of hydrogen-bond donors (Lipinski definition) is 2. The van der Waals surface area contributed by atoms with Crippen LogP contribution in [0.15, 0.2) is 0 Å². The lowest BCUT2D eigenvalue weighted by molar-refractivity contribution is 0.147. The molecular weight excluding hydrogens is 360 g/mol. The summed E-state index contributed by atoms with van der Waals surface area (Å²) in [6, 6.07) is 0. The highest BCUT2D eigenvalue weighted by Crippen LogP contribution is 2.17. The molecule has 0 spiro atoms. The van der Waals surface area contributed by atoms with E-state index < -0.39 is 15.4 Å². The second kappa shape index (κ2) is 17.9. The van der Waals surface area contributed by atoms with Crippen LogP contribution in [-0.4, -0.2) is 29.4 Å². The van der Waals surface area contributed by atoms with Gasteiger partial charge in [-0.25, -0.2) is 0 Å². The molecule has 4 nitrogen and oxygen atoms in total. The summed E-state index contributed by atoms with van der Waals surface area (Å²) in [6.07, 6.45) is 19.7. The number of unbranched alkanes of at least 4 members (excludes halogenated alkanes) is 12. The van der Waals surface area contributed by atoms with E-state index in [0.29, 0.717) is 12.8 Å². The summed E-state index contributed by atoms with van der Waals surface area (Å²) in [5.41, 5.74) is 0. The summed E-state index contributed by atoms with van der Waals surface area (Å²) in [6.45, 7) is 4.04. The lowest BCUT2D eigenvalue weighted by Gasteiger charge is -2.11. The van der Waals surface area contributed by atoms with Crippen LogP contribution in [0.5, 0.6) is 0 Å². The van der Waals surface area contributed by atoms with Crippen LogP contribution in [0.25, 0.3) is 0 Å². The van der Waals surface area contributed by atoms with Crippen molar-refractivity contribution in [1.82, 2.24) is 0 Å². The molecule has 0 saturated carbocycles. The molecular formula is C22H46O4S. The van der Waals surface area contributed by atoms with E-state index in [0.717, 1.165) is 38.5 Å². The number of hydrogen-bond acceptors (Lipinski definition) is 3. The van der Waals surface area contributed by atoms with E-state index in [1.807, 2.05) is 6.92 Å². The standard InChI is InChI=1S/C22H46O4S/c1-3-5-6-12-15-18-21(23)19-16-13-10-8-7-9-11-14-17-20-22(4-2)27(24,25)26/h21-23H,3-20H2,1-2H3,(H,24,25,26). The molecule has 2 unspecified atom stereocenters. The molecule has 0 aromatic carbocycles. The third-order valence-corrected chi connectivity index (χ3v) is 6.99. The Labute approximate surface area is 169 Å². The maximum atomic E-state index is 11.1. The first-order chi connectivity index (χ1) is 12.9. The minimum absolute atomic E-state index is 0.0960. The van der Waals surface area contributed by atoms with Crippen molar-refractivity contribution in [3.8, 4) is 0 Å². The Morgan fingerprint density at radius 1 is 0.630 bits per heavy atom. The SMILES string of the molecule is CCCCCCCC(O)CCCCCCCCCCCC(CC)S(=O)(=O)O. The summed E-state index contributed by atoms with van der Waals surface area (Å²) in [5.74, 6) is 0. The Kier molecular flexibility index (Phi) is 17.8. The number of aliphatic hydroxyl groups is 1. The summed E-state index contributed by atoms with van der Waals surface area (Å²) in [5, 5.41) is 9.40. The molecule has 0 aromatic heterocycles. The predicted molar refractivity (Wildman–Crippen MR) is 116 cm³/mol. The lowest BCUT2D eigenvalue weighted by Crippen LogP contribution is -2.19. The van der Waals surface area contributed by atoms with Gasteiger partial charge in [-0.1, -0.05) is 104 Å². The number of rotatable bonds is 20. The Morgan fingerprint density at radius 2 is 1.00 bits per heavy atom. The summed E-state index contributed by atoms with van der Waals surface area (Å²) >= 11 is 0. The van der Waals surface area contributed by atoms with Crippen molar-refractivity contribution in [2.24, 2.45) is 0 Å². The fourth-order valence-corrected chi connectivity index (χ4v) is 4.57. The highest BCUT2D eigenvalue weighted by atomic mass is 32.2. The van der Waals surface area contributed by atoms with Gasteiger partial charge >= 0.3 is 0 Å². The van der Waals surface area contributed by atoms with Crippen LogP contribution in [0.3, 0.4) is 0 Å². The normalized spacial score (nSPS) is 14.4. The zero-order valence-corrected chi connectivity index (χ0v) is 18.8. The zero-order valence-electron chi connectivity index (χ0n) is 18.0. The summed E-state index contributed by atoms with van der Waals surface area (Å²) in [4.78, 5) is 0. The molecule has 164 valence electrons. The van der Waals surface area contributed by atoms with Crippen LogP contribution in [-0.2, 0) is 10.1 Å². The maximum absolute atomic E-state index is 11.1. The molecule has 0 heterocycles. The van der Waals surface area contributed by atoms with Gasteiger partial charge in [0.25, 0.3) is 10.1 Å². The van der Waals surface area contributed by atoms with Crippen LogP contribution in [0, 0.1) is 0 Å². The second-order valence-corrected chi connectivity index (χ2v) is 9.86. The van der Waals surface area contributed by atoms with Crippen molar-refractivity contribution in [3.63, 3.8) is 0 Å². The van der Waals surface area contributed by atoms with Gasteiger partial charge in [0, 0.05) is 0 Å². The van der Waals surface area contributed by atoms with Gasteiger partial charge in [-0.15, -0.1) is 0 Å². The molecule has 0 rings (SSSR count). The molecule has 0 fully saturated rings. The van der Waals surface area contributed by atoms with E-state index in [2.05, 4.69) is 6.92 Å². The van der Waals surface area contributed by atoms with Gasteiger partial charge < -0.3 is 5.11 Å². The van der Waals surface area contributed by atoms with Crippen molar-refractivity contribution in [2.45, 2.75) is 141 Å². The second-order valence-electron chi connectivity index (χ2n) is 8.16. The third-order valence-electron chi connectivity index (χ3n) is 5.58. The summed E-state index contributed by atoms with van der Waals surface area (Å²) in [7, 11) is -3.86. The quantitative estimate of drug-likeness (QED) is 0.175. The molecule has 0 aliphatic carbocycles. The first kappa shape index (κ1) is 26.9. The predicted octanol–water partition coefficient (Wildman–Crippen LogP) is 6.67. The topological polar surface area (TPSA) is 74.6 Å². The van der Waals surface area contributed by atoms with Gasteiger partial charge in [-0.2, -0.15) is 8.42 Å². The van der Waals surface area contributed by atoms with Crippen LogP contribution >= 0.6 is 0 Å². The van der Waals surface area contributed by atoms with Crippen molar-refractivity contribution < 1.29 is 18.1 Å². The Morgan fingerprint density at radius 3 is 1.37 bits per heavy atom. The average molecular weight is 407 g/mol. The molecule has 0 aliphatic heterocycles. The maximum Gasteiger partial charge on any atom is 0.267 e. The van der Waals surface area contributed by atoms with E-state index in [1.165, 1.54) is 64.2 Å². The Balaban J connectivity index is 3.33. The smallest absolute Gasteiger partial charge is 0.267 e. The lowest BCUT2D eigenvalue weighted by atomic mass is 10.0. The molecule has 0 amide bonds. The van der Waals surface area contributed by atoms with Gasteiger partial charge in [-0.3, -0.25) is 4.55 Å². The van der Waals surface area contributed by atoms with Gasteiger partial charge in [0.1, 0.15) is 0 Å². The first-order valence-electron chi connectivity index (χ1n) is 11.6. The van der Waals surface area contributed by atoms with E-state index in [1.54, 1.807) is 0 Å². The third kappa shape index (κ3) is 17.7. The Hall–Kier alpha value is -0.130. The molecule has 2 atom stereocenters. The molecule has 0 saturated heterocycles. The molecule has 5 heteroatoms. The van der Waals surface area contributed by atoms with Crippen LogP contribution in [0.2, 0.25) is 0 Å². The zero-order chi connectivity index (χ0) is 20.4. The minimum atomic E-state index is -3.86. The molecule has 2 N–H and O–H groups in total. The molecule has 0 aliphatic rings. The summed E-state index contributed by atoms with van der Waals surface area (Å²) < 4.78 is 31.3. The molecule has 0 aromatic rings. The minimum Gasteiger partial charge on any atom is -0.393 e. The van der Waals surface area contributed by atoms with Gasteiger partial charge in [0.15, 0.2) is 0 Å². The van der Waals surface area contributed by atoms with Crippen molar-refractivity contribution in [3.05, 3.63) is 0 Å². The van der Waals surface area contributed by atoms with Gasteiger partial charge in [0.2, 0.25) is 0 Å². The van der Waals surface area contributed by atoms with Gasteiger partial charge in [0.05, 0.1) is 11.4 Å². The van der Waals surface area contributed by atoms with E-state index in [-0.39, 0.29) is 6.10 Å². The number of aliphatic hydroxyl groups excluding tert-OH is 1. The van der Waals surface area contributed by atoms with Gasteiger partial charge in [-0.05, 0) is 25.7 Å². The fraction of sp³-hybridized carbons (Fsp3) is 1.00. The first-order valence-corrected chi connectivity index (χ1v) is 13.1. The highest BCUT2D eigenvalue weighted by Gasteiger charge is 2.19. The largest absolute Gasteiger partial charge is 0.393 e. The molecule has 27 heavy (non-hydrogen) atoms. The van der Waals surface area contributed by atoms with Crippen LogP contribution in [0.4, 0.5) is 0 Å². The fourth-order valence-electron chi connectivity index (χ4n) is 3.68. The van der Waals surface area contributed by atoms with E-state index in [4.69, 9.17) is 4.55 Å². The highest BCUT2D eigenvalue weighted by molar-refractivity contribution is 7.86. The van der Waals surface area contributed by atoms with Crippen LogP contribution in [0.1, 0.15) is 129 Å². The monoisotopic (exact) mass is 406 g/mol. The molecule has 0 bridgehead atoms. The molecule has 0 radical (unpaired) electrons.